The lowest BCUT2D eigenvalue weighted by molar-refractivity contribution is -0.116. The molecule has 0 spiro atoms. The van der Waals surface area contributed by atoms with Crippen molar-refractivity contribution in [1.29, 1.82) is 0 Å². The molecular formula is C25H24N2O2S. The fraction of sp³-hybridized carbons (Fsp3) is 0.200. The van der Waals surface area contributed by atoms with Gasteiger partial charge in [0.25, 0.3) is 5.91 Å². The Morgan fingerprint density at radius 1 is 1.00 bits per heavy atom. The first-order valence-corrected chi connectivity index (χ1v) is 11.0. The first kappa shape index (κ1) is 20.2. The molecule has 30 heavy (non-hydrogen) atoms. The van der Waals surface area contributed by atoms with E-state index in [1.54, 1.807) is 6.07 Å². The van der Waals surface area contributed by atoms with Crippen LogP contribution in [0.2, 0.25) is 0 Å². The highest BCUT2D eigenvalue weighted by Crippen LogP contribution is 2.30. The minimum Gasteiger partial charge on any atom is -0.322 e. The number of thioether (sulfide) groups is 1. The van der Waals surface area contributed by atoms with Crippen LogP contribution >= 0.6 is 11.8 Å². The third-order valence-corrected chi connectivity index (χ3v) is 6.37. The third-order valence-electron chi connectivity index (χ3n) is 5.31. The second kappa shape index (κ2) is 8.76. The summed E-state index contributed by atoms with van der Waals surface area (Å²) >= 11 is 1.41. The molecule has 0 saturated carbocycles. The number of nitrogens with one attached hydrogen (secondary N) is 1. The zero-order chi connectivity index (χ0) is 21.1. The van der Waals surface area contributed by atoms with Gasteiger partial charge in [-0.3, -0.25) is 9.59 Å². The van der Waals surface area contributed by atoms with Gasteiger partial charge in [-0.05, 0) is 61.2 Å². The Morgan fingerprint density at radius 2 is 1.77 bits per heavy atom. The van der Waals surface area contributed by atoms with Crippen LogP contribution in [0.1, 0.15) is 27.0 Å². The Balaban J connectivity index is 1.47. The van der Waals surface area contributed by atoms with Crippen LogP contribution in [-0.2, 0) is 11.2 Å². The maximum atomic E-state index is 12.9. The highest BCUT2D eigenvalue weighted by atomic mass is 32.2. The molecule has 0 aromatic heterocycles. The van der Waals surface area contributed by atoms with E-state index in [4.69, 9.17) is 0 Å². The Kier molecular flexibility index (Phi) is 5.91. The molecule has 4 nitrogen and oxygen atoms in total. The van der Waals surface area contributed by atoms with Gasteiger partial charge in [-0.2, -0.15) is 0 Å². The molecule has 4 rings (SSSR count). The fourth-order valence-corrected chi connectivity index (χ4v) is 4.58. The number of carbonyl (C=O) groups is 2. The summed E-state index contributed by atoms with van der Waals surface area (Å²) in [5.74, 6) is 0.197. The number of benzene rings is 3. The Hall–Kier alpha value is -3.05. The van der Waals surface area contributed by atoms with Crippen molar-refractivity contribution in [2.75, 3.05) is 22.5 Å². The van der Waals surface area contributed by atoms with Crippen molar-refractivity contribution in [3.8, 4) is 0 Å². The molecule has 1 heterocycles. The molecule has 0 fully saturated rings. The van der Waals surface area contributed by atoms with Crippen molar-refractivity contribution < 1.29 is 9.59 Å². The van der Waals surface area contributed by atoms with Gasteiger partial charge in [-0.25, -0.2) is 0 Å². The maximum absolute atomic E-state index is 12.9. The zero-order valence-electron chi connectivity index (χ0n) is 17.1. The quantitative estimate of drug-likeness (QED) is 0.579. The van der Waals surface area contributed by atoms with Crippen LogP contribution in [0.25, 0.3) is 0 Å². The smallest absolute Gasteiger partial charge is 0.256 e. The van der Waals surface area contributed by atoms with Gasteiger partial charge in [0, 0.05) is 22.8 Å². The number of anilines is 2. The predicted molar refractivity (Wildman–Crippen MR) is 124 cm³/mol. The van der Waals surface area contributed by atoms with E-state index in [0.29, 0.717) is 17.9 Å². The summed E-state index contributed by atoms with van der Waals surface area (Å²) in [6, 6.07) is 21.5. The van der Waals surface area contributed by atoms with Gasteiger partial charge in [0.2, 0.25) is 5.91 Å². The number of hydrogen-bond acceptors (Lipinski definition) is 3. The molecule has 0 radical (unpaired) electrons. The van der Waals surface area contributed by atoms with Crippen LogP contribution in [0.3, 0.4) is 0 Å². The maximum Gasteiger partial charge on any atom is 0.256 e. The Morgan fingerprint density at radius 3 is 2.63 bits per heavy atom. The number of aryl methyl sites for hydroxylation is 2. The molecule has 152 valence electrons. The van der Waals surface area contributed by atoms with Gasteiger partial charge in [0.05, 0.1) is 11.3 Å². The molecule has 0 bridgehead atoms. The van der Waals surface area contributed by atoms with Crippen molar-refractivity contribution in [1.82, 2.24) is 0 Å². The van der Waals surface area contributed by atoms with Crippen molar-refractivity contribution >= 4 is 35.0 Å². The van der Waals surface area contributed by atoms with Crippen LogP contribution in [0.4, 0.5) is 11.4 Å². The molecule has 0 saturated heterocycles. The van der Waals surface area contributed by atoms with E-state index in [0.717, 1.165) is 33.8 Å². The van der Waals surface area contributed by atoms with Crippen LogP contribution in [0.5, 0.6) is 0 Å². The summed E-state index contributed by atoms with van der Waals surface area (Å²) in [6.07, 6.45) is 0.890. The molecule has 3 aromatic carbocycles. The highest BCUT2D eigenvalue weighted by Gasteiger charge is 2.24. The zero-order valence-corrected chi connectivity index (χ0v) is 18.0. The second-order valence-electron chi connectivity index (χ2n) is 7.48. The predicted octanol–water partition coefficient (Wildman–Crippen LogP) is 5.24. The third kappa shape index (κ3) is 4.26. The summed E-state index contributed by atoms with van der Waals surface area (Å²) in [5, 5.41) is 3.02. The van der Waals surface area contributed by atoms with E-state index in [-0.39, 0.29) is 11.8 Å². The van der Waals surface area contributed by atoms with Crippen molar-refractivity contribution in [3.05, 3.63) is 89.0 Å². The number of rotatable bonds is 5. The number of para-hydroxylation sites is 1. The summed E-state index contributed by atoms with van der Waals surface area (Å²) in [4.78, 5) is 28.4. The summed E-state index contributed by atoms with van der Waals surface area (Å²) in [6.45, 7) is 4.69. The van der Waals surface area contributed by atoms with Crippen LogP contribution in [0.15, 0.2) is 71.6 Å². The molecule has 3 aromatic rings. The number of nitrogens with zero attached hydrogens (tertiary/aromatic N) is 1. The number of amides is 2. The summed E-state index contributed by atoms with van der Waals surface area (Å²) in [7, 11) is 0. The fourth-order valence-electron chi connectivity index (χ4n) is 3.65. The summed E-state index contributed by atoms with van der Waals surface area (Å²) in [5.41, 5.74) is 5.72. The minimum absolute atomic E-state index is 0.0645. The first-order valence-electron chi connectivity index (χ1n) is 10.0. The Labute approximate surface area is 181 Å². The van der Waals surface area contributed by atoms with Gasteiger partial charge in [0.1, 0.15) is 0 Å². The van der Waals surface area contributed by atoms with Crippen LogP contribution in [0, 0.1) is 13.8 Å². The normalized spacial score (nSPS) is 12.5. The molecule has 0 aliphatic carbocycles. The van der Waals surface area contributed by atoms with Gasteiger partial charge < -0.3 is 10.2 Å². The van der Waals surface area contributed by atoms with Gasteiger partial charge in [0.15, 0.2) is 0 Å². The molecule has 1 N–H and O–H groups in total. The monoisotopic (exact) mass is 416 g/mol. The molecule has 5 heteroatoms. The number of carbonyl (C=O) groups excluding carboxylic acids is 2. The standard InChI is InChI=1S/C25H24N2O2S/c1-17-11-12-18(2)21(15-17)26-25(29)20-8-4-6-10-23(20)30-16-24(28)27-14-13-19-7-3-5-9-22(19)27/h3-12,15H,13-14,16H2,1-2H3,(H,26,29). The van der Waals surface area contributed by atoms with Crippen molar-refractivity contribution in [2.45, 2.75) is 25.2 Å². The van der Waals surface area contributed by atoms with E-state index in [1.165, 1.54) is 17.3 Å². The Bertz CT molecular complexity index is 1110. The molecule has 1 aliphatic rings. The van der Waals surface area contributed by atoms with Gasteiger partial charge in [-0.1, -0.05) is 42.5 Å². The molecular weight excluding hydrogens is 392 g/mol. The van der Waals surface area contributed by atoms with Crippen molar-refractivity contribution in [3.63, 3.8) is 0 Å². The molecule has 2 amide bonds. The molecule has 0 atom stereocenters. The lowest BCUT2D eigenvalue weighted by Crippen LogP contribution is -2.30. The topological polar surface area (TPSA) is 49.4 Å². The number of fused-ring (bicyclic) bond motifs is 1. The summed E-state index contributed by atoms with van der Waals surface area (Å²) < 4.78 is 0. The van der Waals surface area contributed by atoms with Gasteiger partial charge in [-0.15, -0.1) is 11.8 Å². The van der Waals surface area contributed by atoms with Crippen molar-refractivity contribution in [2.24, 2.45) is 0 Å². The van der Waals surface area contributed by atoms with E-state index < -0.39 is 0 Å². The average molecular weight is 417 g/mol. The van der Waals surface area contributed by atoms with E-state index in [9.17, 15) is 9.59 Å². The van der Waals surface area contributed by atoms with E-state index >= 15 is 0 Å². The largest absolute Gasteiger partial charge is 0.322 e. The van der Waals surface area contributed by atoms with Crippen LogP contribution < -0.4 is 10.2 Å². The highest BCUT2D eigenvalue weighted by molar-refractivity contribution is 8.00. The van der Waals surface area contributed by atoms with Gasteiger partial charge >= 0.3 is 0 Å². The number of hydrogen-bond donors (Lipinski definition) is 1. The minimum atomic E-state index is -0.161. The average Bonchev–Trinajstić information content (AvgIpc) is 3.19. The molecule has 0 unspecified atom stereocenters. The van der Waals surface area contributed by atoms with E-state index in [1.807, 2.05) is 73.3 Å². The second-order valence-corrected chi connectivity index (χ2v) is 8.50. The van der Waals surface area contributed by atoms with E-state index in [2.05, 4.69) is 11.4 Å². The van der Waals surface area contributed by atoms with Crippen LogP contribution in [-0.4, -0.2) is 24.1 Å². The first-order chi connectivity index (χ1) is 14.5. The lowest BCUT2D eigenvalue weighted by Gasteiger charge is -2.17. The molecule has 1 aliphatic heterocycles. The SMILES string of the molecule is Cc1ccc(C)c(NC(=O)c2ccccc2SCC(=O)N2CCc3ccccc32)c1. The lowest BCUT2D eigenvalue weighted by atomic mass is 10.1.